The average molecular weight is 469 g/mol. The number of aryl methyl sites for hydroxylation is 2. The number of amides is 2. The van der Waals surface area contributed by atoms with E-state index in [0.717, 1.165) is 39.2 Å². The molecule has 10 heteroatoms. The zero-order chi connectivity index (χ0) is 22.4. The minimum Gasteiger partial charge on any atom is -0.339 e. The molecule has 32 heavy (non-hydrogen) atoms. The summed E-state index contributed by atoms with van der Waals surface area (Å²) in [6, 6.07) is 3.80. The summed E-state index contributed by atoms with van der Waals surface area (Å²) in [6.07, 6.45) is 3.50. The first kappa shape index (κ1) is 21.0. The molecule has 2 bridgehead atoms. The smallest absolute Gasteiger partial charge is 0.256 e. The summed E-state index contributed by atoms with van der Waals surface area (Å²) in [6.45, 7) is 6.83. The van der Waals surface area contributed by atoms with Gasteiger partial charge in [-0.2, -0.15) is 0 Å². The third-order valence-electron chi connectivity index (χ3n) is 6.05. The highest BCUT2D eigenvalue weighted by Gasteiger charge is 2.43. The number of hydrogen-bond acceptors (Lipinski definition) is 8. The van der Waals surface area contributed by atoms with Crippen molar-refractivity contribution < 1.29 is 9.59 Å². The van der Waals surface area contributed by atoms with Crippen molar-refractivity contribution in [1.29, 1.82) is 0 Å². The number of thiazole rings is 2. The number of pyridine rings is 1. The van der Waals surface area contributed by atoms with Crippen LogP contribution in [0.3, 0.4) is 0 Å². The summed E-state index contributed by atoms with van der Waals surface area (Å²) >= 11 is 3.15. The van der Waals surface area contributed by atoms with Crippen LogP contribution in [0.4, 0.5) is 10.9 Å². The molecular formula is C22H24N6O2S2. The Balaban J connectivity index is 1.27. The number of likely N-dealkylation sites (tertiary alicyclic amines) is 1. The number of carbonyl (C=O) groups excluding carboxylic acids is 2. The third-order valence-corrected chi connectivity index (χ3v) is 7.90. The molecule has 2 atom stereocenters. The lowest BCUT2D eigenvalue weighted by molar-refractivity contribution is -0.131. The summed E-state index contributed by atoms with van der Waals surface area (Å²) in [5.74, 6) is 0.716. The predicted octanol–water partition coefficient (Wildman–Crippen LogP) is 3.86. The molecule has 0 saturated carbocycles. The third kappa shape index (κ3) is 3.88. The van der Waals surface area contributed by atoms with Gasteiger partial charge in [-0.1, -0.05) is 0 Å². The van der Waals surface area contributed by atoms with Gasteiger partial charge in [-0.15, -0.1) is 22.7 Å². The number of piperazine rings is 1. The lowest BCUT2D eigenvalue weighted by Gasteiger charge is -2.40. The lowest BCUT2D eigenvalue weighted by Crippen LogP contribution is -2.56. The molecule has 2 saturated heterocycles. The average Bonchev–Trinajstić information content (AvgIpc) is 3.43. The van der Waals surface area contributed by atoms with Gasteiger partial charge in [0.25, 0.3) is 5.91 Å². The summed E-state index contributed by atoms with van der Waals surface area (Å²) in [5.41, 5.74) is 2.47. The molecule has 2 fully saturated rings. The SMILES string of the molecule is CC(=O)N1C[C@H]2CC[C@@H](C1)N2C(=O)c1ccc(Nc2nc(-c3sc(C)nc3C)cs2)nc1. The van der Waals surface area contributed by atoms with Gasteiger partial charge in [0, 0.05) is 31.6 Å². The maximum absolute atomic E-state index is 13.1. The van der Waals surface area contributed by atoms with Gasteiger partial charge in [0.1, 0.15) is 5.82 Å². The molecule has 2 amide bonds. The lowest BCUT2D eigenvalue weighted by atomic mass is 10.1. The van der Waals surface area contributed by atoms with E-state index in [1.54, 1.807) is 30.5 Å². The van der Waals surface area contributed by atoms with Crippen LogP contribution in [-0.2, 0) is 4.79 Å². The van der Waals surface area contributed by atoms with E-state index in [2.05, 4.69) is 20.3 Å². The van der Waals surface area contributed by atoms with Gasteiger partial charge in [-0.3, -0.25) is 9.59 Å². The normalized spacial score (nSPS) is 20.0. The number of fused-ring (bicyclic) bond motifs is 2. The minimum absolute atomic E-state index is 0.00710. The highest BCUT2D eigenvalue weighted by Crippen LogP contribution is 2.34. The Morgan fingerprint density at radius 3 is 2.47 bits per heavy atom. The molecule has 5 heterocycles. The second-order valence-electron chi connectivity index (χ2n) is 8.26. The van der Waals surface area contributed by atoms with Crippen molar-refractivity contribution in [3.63, 3.8) is 0 Å². The molecular weight excluding hydrogens is 444 g/mol. The van der Waals surface area contributed by atoms with Crippen molar-refractivity contribution in [2.45, 2.75) is 45.7 Å². The molecule has 0 unspecified atom stereocenters. The first-order chi connectivity index (χ1) is 15.4. The number of hydrogen-bond donors (Lipinski definition) is 1. The standard InChI is InChI=1S/C22H24N6O2S2/c1-12-20(32-13(2)24-12)18-11-31-22(25-18)26-19-7-4-15(8-23-19)21(30)28-16-5-6-17(28)10-27(9-16)14(3)29/h4,7-8,11,16-17H,5-6,9-10H2,1-3H3,(H,23,25,26)/t16-,17+. The van der Waals surface area contributed by atoms with E-state index in [-0.39, 0.29) is 23.9 Å². The summed E-state index contributed by atoms with van der Waals surface area (Å²) in [4.78, 5) is 43.4. The molecule has 8 nitrogen and oxygen atoms in total. The van der Waals surface area contributed by atoms with Gasteiger partial charge in [0.2, 0.25) is 5.91 Å². The van der Waals surface area contributed by atoms with Crippen LogP contribution in [0.25, 0.3) is 10.6 Å². The van der Waals surface area contributed by atoms with Crippen molar-refractivity contribution in [2.24, 2.45) is 0 Å². The zero-order valence-electron chi connectivity index (χ0n) is 18.2. The van der Waals surface area contributed by atoms with Crippen LogP contribution < -0.4 is 5.32 Å². The maximum atomic E-state index is 13.1. The number of nitrogens with zero attached hydrogens (tertiary/aromatic N) is 5. The summed E-state index contributed by atoms with van der Waals surface area (Å²) in [5, 5.41) is 7.01. The van der Waals surface area contributed by atoms with E-state index in [1.807, 2.05) is 35.1 Å². The fraction of sp³-hybridized carbons (Fsp3) is 0.409. The molecule has 166 valence electrons. The van der Waals surface area contributed by atoms with Crippen molar-refractivity contribution in [3.05, 3.63) is 40.0 Å². The highest BCUT2D eigenvalue weighted by molar-refractivity contribution is 7.16. The zero-order valence-corrected chi connectivity index (χ0v) is 19.8. The van der Waals surface area contributed by atoms with Crippen LogP contribution in [0.5, 0.6) is 0 Å². The second-order valence-corrected chi connectivity index (χ2v) is 10.3. The van der Waals surface area contributed by atoms with Crippen LogP contribution in [-0.4, -0.2) is 61.7 Å². The topological polar surface area (TPSA) is 91.3 Å². The number of anilines is 2. The Labute approximate surface area is 194 Å². The van der Waals surface area contributed by atoms with Crippen molar-refractivity contribution in [2.75, 3.05) is 18.4 Å². The molecule has 2 aliphatic rings. The largest absolute Gasteiger partial charge is 0.339 e. The van der Waals surface area contributed by atoms with Gasteiger partial charge in [-0.25, -0.2) is 15.0 Å². The van der Waals surface area contributed by atoms with Crippen LogP contribution in [0.15, 0.2) is 23.7 Å². The van der Waals surface area contributed by atoms with Crippen LogP contribution in [0, 0.1) is 13.8 Å². The van der Waals surface area contributed by atoms with Crippen molar-refractivity contribution >= 4 is 45.4 Å². The molecule has 3 aromatic rings. The Kier molecular flexibility index (Phi) is 5.42. The van der Waals surface area contributed by atoms with Gasteiger partial charge < -0.3 is 15.1 Å². The van der Waals surface area contributed by atoms with Gasteiger partial charge in [-0.05, 0) is 38.8 Å². The summed E-state index contributed by atoms with van der Waals surface area (Å²) < 4.78 is 0. The predicted molar refractivity (Wildman–Crippen MR) is 125 cm³/mol. The van der Waals surface area contributed by atoms with E-state index >= 15 is 0 Å². The molecule has 2 aliphatic heterocycles. The van der Waals surface area contributed by atoms with Gasteiger partial charge in [0.15, 0.2) is 5.13 Å². The summed E-state index contributed by atoms with van der Waals surface area (Å²) in [7, 11) is 0. The fourth-order valence-electron chi connectivity index (χ4n) is 4.55. The minimum atomic E-state index is -0.00710. The highest BCUT2D eigenvalue weighted by atomic mass is 32.1. The van der Waals surface area contributed by atoms with Crippen LogP contribution in [0.2, 0.25) is 0 Å². The molecule has 5 rings (SSSR count). The second kappa shape index (κ2) is 8.25. The molecule has 0 radical (unpaired) electrons. The van der Waals surface area contributed by atoms with Gasteiger partial charge in [0.05, 0.1) is 38.9 Å². The molecule has 3 aromatic heterocycles. The Hall–Kier alpha value is -2.85. The van der Waals surface area contributed by atoms with E-state index in [0.29, 0.717) is 24.5 Å². The Morgan fingerprint density at radius 1 is 1.12 bits per heavy atom. The molecule has 0 spiro atoms. The number of aromatic nitrogens is 3. The first-order valence-electron chi connectivity index (χ1n) is 10.6. The molecule has 0 aliphatic carbocycles. The van der Waals surface area contributed by atoms with Crippen molar-refractivity contribution in [3.8, 4) is 10.6 Å². The number of rotatable bonds is 4. The number of nitrogens with one attached hydrogen (secondary N) is 1. The van der Waals surface area contributed by atoms with E-state index in [1.165, 1.54) is 11.3 Å². The maximum Gasteiger partial charge on any atom is 0.256 e. The Morgan fingerprint density at radius 2 is 1.88 bits per heavy atom. The van der Waals surface area contributed by atoms with Crippen LogP contribution in [0.1, 0.15) is 40.8 Å². The van der Waals surface area contributed by atoms with E-state index in [9.17, 15) is 9.59 Å². The van der Waals surface area contributed by atoms with E-state index < -0.39 is 0 Å². The van der Waals surface area contributed by atoms with Gasteiger partial charge >= 0.3 is 0 Å². The Bertz CT molecular complexity index is 1160. The van der Waals surface area contributed by atoms with Crippen LogP contribution >= 0.6 is 22.7 Å². The van der Waals surface area contributed by atoms with Crippen molar-refractivity contribution in [1.82, 2.24) is 24.8 Å². The van der Waals surface area contributed by atoms with E-state index in [4.69, 9.17) is 0 Å². The number of carbonyl (C=O) groups is 2. The fourth-order valence-corrected chi connectivity index (χ4v) is 6.21. The quantitative estimate of drug-likeness (QED) is 0.625. The molecule has 1 N–H and O–H groups in total. The molecule has 0 aromatic carbocycles. The first-order valence-corrected chi connectivity index (χ1v) is 12.3. The monoisotopic (exact) mass is 468 g/mol.